The van der Waals surface area contributed by atoms with Gasteiger partial charge in [-0.2, -0.15) is 0 Å². The van der Waals surface area contributed by atoms with Gasteiger partial charge in [0.15, 0.2) is 0 Å². The average Bonchev–Trinajstić information content (AvgIpc) is 2.74. The number of benzene rings is 2. The van der Waals surface area contributed by atoms with Crippen LogP contribution < -0.4 is 4.74 Å². The number of carbonyl (C=O) groups excluding carboxylic acids is 2. The van der Waals surface area contributed by atoms with E-state index in [4.69, 9.17) is 14.3 Å². The molecule has 0 spiro atoms. The van der Waals surface area contributed by atoms with Gasteiger partial charge in [-0.3, -0.25) is 0 Å². The predicted molar refractivity (Wildman–Crippen MR) is 131 cm³/mol. The monoisotopic (exact) mass is 551 g/mol. The number of esters is 1. The molecule has 0 unspecified atom stereocenters. The van der Waals surface area contributed by atoms with Crippen LogP contribution in [0, 0.1) is 3.57 Å². The molecule has 1 fully saturated rings. The molecule has 0 amide bonds. The van der Waals surface area contributed by atoms with Crippen molar-refractivity contribution in [1.29, 1.82) is 0 Å². The summed E-state index contributed by atoms with van der Waals surface area (Å²) in [5.74, 6) is -0.169. The van der Waals surface area contributed by atoms with Crippen molar-refractivity contribution in [2.24, 2.45) is 0 Å². The Labute approximate surface area is 203 Å². The molecule has 0 aromatic heterocycles. The Balaban J connectivity index is 1.51. The van der Waals surface area contributed by atoms with Crippen LogP contribution in [0.1, 0.15) is 67.7 Å². The topological polar surface area (TPSA) is 65.1 Å². The number of piperidine rings is 1. The van der Waals surface area contributed by atoms with E-state index in [0.717, 1.165) is 28.6 Å². The van der Waals surface area contributed by atoms with Crippen LogP contribution in [0.4, 0.5) is 0 Å². The summed E-state index contributed by atoms with van der Waals surface area (Å²) < 4.78 is 11.9. The Morgan fingerprint density at radius 3 is 1.94 bits per heavy atom. The molecule has 1 aliphatic rings. The van der Waals surface area contributed by atoms with Crippen molar-refractivity contribution in [2.45, 2.75) is 58.0 Å². The van der Waals surface area contributed by atoms with Crippen LogP contribution in [-0.2, 0) is 9.57 Å². The fourth-order valence-corrected chi connectivity index (χ4v) is 4.37. The first-order valence-corrected chi connectivity index (χ1v) is 11.8. The molecule has 0 bridgehead atoms. The van der Waals surface area contributed by atoms with Gasteiger partial charge in [0.25, 0.3) is 0 Å². The second-order valence-electron chi connectivity index (χ2n) is 9.17. The molecule has 7 heteroatoms. The van der Waals surface area contributed by atoms with E-state index in [-0.39, 0.29) is 24.3 Å². The molecular formula is C25H30INO5. The lowest BCUT2D eigenvalue weighted by atomic mass is 9.82. The SMILES string of the molecule is CC1(C)CCCC(C)(C)N1OC(=O)c1ccc(C(=O)OCCOc2ccc(I)cc2)cc1. The first-order chi connectivity index (χ1) is 15.1. The number of hydrogen-bond acceptors (Lipinski definition) is 6. The number of ether oxygens (including phenoxy) is 2. The Morgan fingerprint density at radius 1 is 0.844 bits per heavy atom. The van der Waals surface area contributed by atoms with Crippen LogP contribution in [0.2, 0.25) is 0 Å². The Hall–Kier alpha value is -2.13. The van der Waals surface area contributed by atoms with Crippen molar-refractivity contribution in [1.82, 2.24) is 5.06 Å². The van der Waals surface area contributed by atoms with Gasteiger partial charge in [-0.15, -0.1) is 5.06 Å². The van der Waals surface area contributed by atoms with Gasteiger partial charge in [-0.05, 0) is 118 Å². The van der Waals surface area contributed by atoms with Crippen LogP contribution in [0.15, 0.2) is 48.5 Å². The predicted octanol–water partition coefficient (Wildman–Crippen LogP) is 5.64. The highest BCUT2D eigenvalue weighted by atomic mass is 127. The highest BCUT2D eigenvalue weighted by molar-refractivity contribution is 14.1. The number of nitrogens with zero attached hydrogens (tertiary/aromatic N) is 1. The molecule has 0 radical (unpaired) electrons. The molecule has 6 nitrogen and oxygen atoms in total. The first-order valence-electron chi connectivity index (χ1n) is 10.8. The first kappa shape index (κ1) is 24.5. The van der Waals surface area contributed by atoms with E-state index in [1.54, 1.807) is 24.3 Å². The second-order valence-corrected chi connectivity index (χ2v) is 10.4. The minimum absolute atomic E-state index is 0.133. The van der Waals surface area contributed by atoms with Crippen LogP contribution in [0.5, 0.6) is 5.75 Å². The van der Waals surface area contributed by atoms with Gasteiger partial charge < -0.3 is 14.3 Å². The lowest BCUT2D eigenvalue weighted by molar-refractivity contribution is -0.240. The zero-order valence-electron chi connectivity index (χ0n) is 19.0. The molecule has 0 N–H and O–H groups in total. The highest BCUT2D eigenvalue weighted by Gasteiger charge is 2.44. The molecule has 2 aromatic rings. The maximum atomic E-state index is 12.7. The number of hydroxylamine groups is 2. The largest absolute Gasteiger partial charge is 0.490 e. The van der Waals surface area contributed by atoms with Crippen molar-refractivity contribution < 1.29 is 23.9 Å². The smallest absolute Gasteiger partial charge is 0.357 e. The summed E-state index contributed by atoms with van der Waals surface area (Å²) in [6.45, 7) is 8.74. The molecule has 172 valence electrons. The minimum Gasteiger partial charge on any atom is -0.490 e. The molecule has 32 heavy (non-hydrogen) atoms. The standard InChI is InChI=1S/C25H30INO5/c1-24(2)14-5-15-25(3,4)27(24)32-23(29)19-8-6-18(7-9-19)22(28)31-17-16-30-21-12-10-20(26)11-13-21/h6-13H,5,14-17H2,1-4H3. The van der Waals surface area contributed by atoms with Gasteiger partial charge >= 0.3 is 11.9 Å². The molecule has 1 saturated heterocycles. The molecule has 3 rings (SSSR count). The normalized spacial score (nSPS) is 17.4. The second kappa shape index (κ2) is 10.2. The maximum Gasteiger partial charge on any atom is 0.357 e. The zero-order valence-corrected chi connectivity index (χ0v) is 21.2. The number of halogens is 1. The number of hydrogen-bond donors (Lipinski definition) is 0. The zero-order chi connectivity index (χ0) is 23.4. The van der Waals surface area contributed by atoms with Crippen molar-refractivity contribution in [2.75, 3.05) is 13.2 Å². The lowest BCUT2D eigenvalue weighted by Crippen LogP contribution is -2.58. The molecule has 0 aliphatic carbocycles. The molecule has 0 saturated carbocycles. The molecule has 0 atom stereocenters. The van der Waals surface area contributed by atoms with Crippen LogP contribution in [0.3, 0.4) is 0 Å². The fraction of sp³-hybridized carbons (Fsp3) is 0.440. The van der Waals surface area contributed by atoms with Gasteiger partial charge in [0, 0.05) is 3.57 Å². The van der Waals surface area contributed by atoms with E-state index in [9.17, 15) is 9.59 Å². The summed E-state index contributed by atoms with van der Waals surface area (Å²) in [5, 5.41) is 1.82. The maximum absolute atomic E-state index is 12.7. The van der Waals surface area contributed by atoms with Gasteiger partial charge in [-0.1, -0.05) is 0 Å². The van der Waals surface area contributed by atoms with E-state index < -0.39 is 11.9 Å². The molecule has 2 aromatic carbocycles. The lowest BCUT2D eigenvalue weighted by Gasteiger charge is -2.50. The number of carbonyl (C=O) groups is 2. The van der Waals surface area contributed by atoms with E-state index in [2.05, 4.69) is 50.3 Å². The molecular weight excluding hydrogens is 521 g/mol. The Morgan fingerprint density at radius 2 is 1.38 bits per heavy atom. The van der Waals surface area contributed by atoms with Gasteiger partial charge in [0.1, 0.15) is 19.0 Å². The third-order valence-corrected chi connectivity index (χ3v) is 6.33. The van der Waals surface area contributed by atoms with Crippen molar-refractivity contribution in [3.8, 4) is 5.75 Å². The summed E-state index contributed by atoms with van der Waals surface area (Å²) in [5.41, 5.74) is 0.290. The van der Waals surface area contributed by atoms with Crippen LogP contribution in [-0.4, -0.2) is 41.3 Å². The molecule has 1 heterocycles. The summed E-state index contributed by atoms with van der Waals surface area (Å²) in [6, 6.07) is 14.0. The van der Waals surface area contributed by atoms with Crippen molar-refractivity contribution in [3.63, 3.8) is 0 Å². The minimum atomic E-state index is -0.463. The van der Waals surface area contributed by atoms with Crippen molar-refractivity contribution >= 4 is 34.5 Å². The summed E-state index contributed by atoms with van der Waals surface area (Å²) in [7, 11) is 0. The van der Waals surface area contributed by atoms with E-state index in [0.29, 0.717) is 11.1 Å². The summed E-state index contributed by atoms with van der Waals surface area (Å²) in [4.78, 5) is 30.8. The molecule has 1 aliphatic heterocycles. The third kappa shape index (κ3) is 6.22. The Bertz CT molecular complexity index is 922. The van der Waals surface area contributed by atoms with E-state index >= 15 is 0 Å². The van der Waals surface area contributed by atoms with Gasteiger partial charge in [0.2, 0.25) is 0 Å². The summed E-state index contributed by atoms with van der Waals surface area (Å²) >= 11 is 2.22. The van der Waals surface area contributed by atoms with E-state index in [1.807, 2.05) is 29.3 Å². The van der Waals surface area contributed by atoms with Crippen LogP contribution >= 0.6 is 22.6 Å². The van der Waals surface area contributed by atoms with Crippen molar-refractivity contribution in [3.05, 3.63) is 63.2 Å². The fourth-order valence-electron chi connectivity index (χ4n) is 4.01. The van der Waals surface area contributed by atoms with E-state index in [1.165, 1.54) is 0 Å². The van der Waals surface area contributed by atoms with Gasteiger partial charge in [-0.25, -0.2) is 9.59 Å². The van der Waals surface area contributed by atoms with Gasteiger partial charge in [0.05, 0.1) is 22.2 Å². The number of rotatable bonds is 7. The summed E-state index contributed by atoms with van der Waals surface area (Å²) in [6.07, 6.45) is 3.02. The Kier molecular flexibility index (Phi) is 7.82. The average molecular weight is 551 g/mol. The highest BCUT2D eigenvalue weighted by Crippen LogP contribution is 2.38. The van der Waals surface area contributed by atoms with Crippen LogP contribution in [0.25, 0.3) is 0 Å². The quantitative estimate of drug-likeness (QED) is 0.252. The third-order valence-electron chi connectivity index (χ3n) is 5.61.